The van der Waals surface area contributed by atoms with Crippen molar-refractivity contribution in [3.05, 3.63) is 0 Å². The lowest BCUT2D eigenvalue weighted by atomic mass is 9.80. The fourth-order valence-electron chi connectivity index (χ4n) is 3.46. The lowest BCUT2D eigenvalue weighted by molar-refractivity contribution is -0.126. The summed E-state index contributed by atoms with van der Waals surface area (Å²) in [6.45, 7) is 2.72. The Hall–Kier alpha value is -0.320. The lowest BCUT2D eigenvalue weighted by Gasteiger charge is -2.43. The molecule has 0 unspecified atom stereocenters. The third-order valence-electron chi connectivity index (χ3n) is 4.99. The summed E-state index contributed by atoms with van der Waals surface area (Å²) >= 11 is 0. The molecule has 0 bridgehead atoms. The molecule has 1 amide bonds. The van der Waals surface area contributed by atoms with Gasteiger partial charge in [0.25, 0.3) is 0 Å². The molecular formula is C15H30ClN3O. The van der Waals surface area contributed by atoms with Gasteiger partial charge in [-0.3, -0.25) is 4.79 Å². The molecule has 1 heterocycles. The van der Waals surface area contributed by atoms with Crippen molar-refractivity contribution in [3.8, 4) is 0 Å². The van der Waals surface area contributed by atoms with Crippen molar-refractivity contribution in [2.45, 2.75) is 50.5 Å². The fraction of sp³-hybridized carbons (Fsp3) is 0.933. The van der Waals surface area contributed by atoms with Gasteiger partial charge in [-0.25, -0.2) is 0 Å². The number of nitrogens with one attached hydrogen (secondary N) is 2. The van der Waals surface area contributed by atoms with Crippen molar-refractivity contribution in [2.75, 3.05) is 33.7 Å². The first-order valence-electron chi connectivity index (χ1n) is 7.80. The Morgan fingerprint density at radius 2 is 1.95 bits per heavy atom. The van der Waals surface area contributed by atoms with E-state index in [9.17, 15) is 4.79 Å². The second-order valence-electron chi connectivity index (χ2n) is 6.44. The maximum atomic E-state index is 12.2. The molecule has 1 saturated carbocycles. The largest absolute Gasteiger partial charge is 0.354 e. The number of carbonyl (C=O) groups excluding carboxylic acids is 1. The first-order chi connectivity index (χ1) is 9.14. The van der Waals surface area contributed by atoms with E-state index in [-0.39, 0.29) is 29.8 Å². The zero-order valence-corrected chi connectivity index (χ0v) is 13.7. The van der Waals surface area contributed by atoms with E-state index in [2.05, 4.69) is 29.6 Å². The molecule has 0 aromatic heterocycles. The second-order valence-corrected chi connectivity index (χ2v) is 6.44. The Labute approximate surface area is 129 Å². The van der Waals surface area contributed by atoms with Gasteiger partial charge in [-0.2, -0.15) is 0 Å². The average molecular weight is 304 g/mol. The van der Waals surface area contributed by atoms with Crippen molar-refractivity contribution in [3.63, 3.8) is 0 Å². The predicted octanol–water partition coefficient (Wildman–Crippen LogP) is 1.79. The van der Waals surface area contributed by atoms with E-state index < -0.39 is 0 Å². The van der Waals surface area contributed by atoms with Crippen molar-refractivity contribution in [2.24, 2.45) is 5.92 Å². The molecule has 4 nitrogen and oxygen atoms in total. The van der Waals surface area contributed by atoms with Gasteiger partial charge in [-0.15, -0.1) is 12.4 Å². The van der Waals surface area contributed by atoms with Crippen LogP contribution in [-0.4, -0.2) is 50.1 Å². The van der Waals surface area contributed by atoms with Crippen molar-refractivity contribution in [1.29, 1.82) is 0 Å². The Morgan fingerprint density at radius 3 is 2.50 bits per heavy atom. The molecule has 1 aliphatic heterocycles. The normalized spacial score (nSPS) is 25.9. The SMILES string of the molecule is CN(C)C1(CNC(=O)[C@@H]2CCCNC2)CCCCC1.Cl. The number of piperidine rings is 1. The van der Waals surface area contributed by atoms with Gasteiger partial charge >= 0.3 is 0 Å². The molecule has 5 heteroatoms. The minimum Gasteiger partial charge on any atom is -0.354 e. The van der Waals surface area contributed by atoms with Gasteiger partial charge in [0.2, 0.25) is 5.91 Å². The third kappa shape index (κ3) is 4.34. The van der Waals surface area contributed by atoms with Crippen LogP contribution >= 0.6 is 12.4 Å². The van der Waals surface area contributed by atoms with Crippen LogP contribution in [0.1, 0.15) is 44.9 Å². The quantitative estimate of drug-likeness (QED) is 0.832. The highest BCUT2D eigenvalue weighted by atomic mass is 35.5. The summed E-state index contributed by atoms with van der Waals surface area (Å²) in [5, 5.41) is 6.54. The first-order valence-corrected chi connectivity index (χ1v) is 7.80. The molecule has 1 atom stereocenters. The van der Waals surface area contributed by atoms with Crippen LogP contribution in [0.2, 0.25) is 0 Å². The summed E-state index contributed by atoms with van der Waals surface area (Å²) in [4.78, 5) is 14.6. The topological polar surface area (TPSA) is 44.4 Å². The Morgan fingerprint density at radius 1 is 1.25 bits per heavy atom. The summed E-state index contributed by atoms with van der Waals surface area (Å²) in [5.74, 6) is 0.426. The number of rotatable bonds is 4. The molecule has 2 N–H and O–H groups in total. The lowest BCUT2D eigenvalue weighted by Crippen LogP contribution is -2.55. The van der Waals surface area contributed by atoms with E-state index in [1.54, 1.807) is 0 Å². The van der Waals surface area contributed by atoms with Gasteiger partial charge in [0.1, 0.15) is 0 Å². The minimum atomic E-state index is 0. The predicted molar refractivity (Wildman–Crippen MR) is 85.4 cm³/mol. The number of likely N-dealkylation sites (N-methyl/N-ethyl adjacent to an activating group) is 1. The van der Waals surface area contributed by atoms with Gasteiger partial charge in [0, 0.05) is 18.6 Å². The Balaban J connectivity index is 0.00000200. The number of carbonyl (C=O) groups is 1. The van der Waals surface area contributed by atoms with E-state index in [1.807, 2.05) is 0 Å². The maximum absolute atomic E-state index is 12.2. The third-order valence-corrected chi connectivity index (χ3v) is 4.99. The van der Waals surface area contributed by atoms with Crippen molar-refractivity contribution < 1.29 is 4.79 Å². The van der Waals surface area contributed by atoms with Crippen LogP contribution in [0.5, 0.6) is 0 Å². The first kappa shape index (κ1) is 17.7. The molecule has 2 aliphatic rings. The molecule has 2 fully saturated rings. The van der Waals surface area contributed by atoms with Gasteiger partial charge in [-0.1, -0.05) is 19.3 Å². The highest BCUT2D eigenvalue weighted by Crippen LogP contribution is 2.31. The van der Waals surface area contributed by atoms with Crippen LogP contribution in [0, 0.1) is 5.92 Å². The van der Waals surface area contributed by atoms with Gasteiger partial charge < -0.3 is 15.5 Å². The van der Waals surface area contributed by atoms with Gasteiger partial charge in [-0.05, 0) is 46.3 Å². The van der Waals surface area contributed by atoms with Crippen molar-refractivity contribution >= 4 is 18.3 Å². The monoisotopic (exact) mass is 303 g/mol. The summed E-state index contributed by atoms with van der Waals surface area (Å²) in [6.07, 6.45) is 8.51. The summed E-state index contributed by atoms with van der Waals surface area (Å²) in [7, 11) is 4.30. The molecular weight excluding hydrogens is 274 g/mol. The molecule has 2 rings (SSSR count). The standard InChI is InChI=1S/C15H29N3O.ClH/c1-18(2)15(8-4-3-5-9-15)12-17-14(19)13-7-6-10-16-11-13;/h13,16H,3-12H2,1-2H3,(H,17,19);1H/t13-;/m1./s1. The van der Waals surface area contributed by atoms with E-state index in [1.165, 1.54) is 32.1 Å². The van der Waals surface area contributed by atoms with Gasteiger partial charge in [0.15, 0.2) is 0 Å². The van der Waals surface area contributed by atoms with E-state index in [4.69, 9.17) is 0 Å². The molecule has 118 valence electrons. The van der Waals surface area contributed by atoms with Crippen LogP contribution in [0.15, 0.2) is 0 Å². The highest BCUT2D eigenvalue weighted by molar-refractivity contribution is 5.85. The Bertz CT molecular complexity index is 297. The highest BCUT2D eigenvalue weighted by Gasteiger charge is 2.35. The van der Waals surface area contributed by atoms with Gasteiger partial charge in [0.05, 0.1) is 5.92 Å². The molecule has 0 aromatic carbocycles. The summed E-state index contributed by atoms with van der Waals surface area (Å²) < 4.78 is 0. The van der Waals surface area contributed by atoms with E-state index >= 15 is 0 Å². The zero-order valence-electron chi connectivity index (χ0n) is 12.9. The van der Waals surface area contributed by atoms with Crippen LogP contribution in [-0.2, 0) is 4.79 Å². The number of amides is 1. The fourth-order valence-corrected chi connectivity index (χ4v) is 3.46. The van der Waals surface area contributed by atoms with Crippen LogP contribution in [0.4, 0.5) is 0 Å². The molecule has 1 aliphatic carbocycles. The minimum absolute atomic E-state index is 0. The number of nitrogens with zero attached hydrogens (tertiary/aromatic N) is 1. The van der Waals surface area contributed by atoms with Crippen LogP contribution < -0.4 is 10.6 Å². The van der Waals surface area contributed by atoms with E-state index in [0.29, 0.717) is 0 Å². The molecule has 1 saturated heterocycles. The smallest absolute Gasteiger partial charge is 0.224 e. The summed E-state index contributed by atoms with van der Waals surface area (Å²) in [6, 6.07) is 0. The molecule has 0 aromatic rings. The molecule has 0 radical (unpaired) electrons. The average Bonchev–Trinajstić information content (AvgIpc) is 2.46. The van der Waals surface area contributed by atoms with Crippen molar-refractivity contribution in [1.82, 2.24) is 15.5 Å². The second kappa shape index (κ2) is 8.20. The number of halogens is 1. The van der Waals surface area contributed by atoms with Crippen LogP contribution in [0.3, 0.4) is 0 Å². The number of hydrogen-bond acceptors (Lipinski definition) is 3. The maximum Gasteiger partial charge on any atom is 0.224 e. The zero-order chi connectivity index (χ0) is 13.7. The Kier molecular flexibility index (Phi) is 7.27. The summed E-state index contributed by atoms with van der Waals surface area (Å²) in [5.41, 5.74) is 0.190. The molecule has 0 spiro atoms. The van der Waals surface area contributed by atoms with E-state index in [0.717, 1.165) is 32.5 Å². The number of hydrogen-bond donors (Lipinski definition) is 2. The van der Waals surface area contributed by atoms with Crippen LogP contribution in [0.25, 0.3) is 0 Å². The molecule has 20 heavy (non-hydrogen) atoms.